The van der Waals surface area contributed by atoms with Crippen LogP contribution in [0.1, 0.15) is 0 Å². The van der Waals surface area contributed by atoms with Crippen LogP contribution in [-0.4, -0.2) is 24.0 Å². The predicted molar refractivity (Wildman–Crippen MR) is 55.3 cm³/mol. The highest BCUT2D eigenvalue weighted by Crippen LogP contribution is 2.28. The molecule has 0 saturated carbocycles. The molecule has 0 unspecified atom stereocenters. The monoisotopic (exact) mass is 212 g/mol. The Kier molecular flexibility index (Phi) is 3.26. The molecule has 0 spiro atoms. The maximum atomic E-state index is 12.9. The van der Waals surface area contributed by atoms with Crippen molar-refractivity contribution in [2.75, 3.05) is 11.9 Å². The van der Waals surface area contributed by atoms with Gasteiger partial charge in [-0.2, -0.15) is 0 Å². The Labute approximate surface area is 86.4 Å². The van der Waals surface area contributed by atoms with E-state index in [1.54, 1.807) is 0 Å². The van der Waals surface area contributed by atoms with Crippen LogP contribution in [0.4, 0.5) is 15.8 Å². The van der Waals surface area contributed by atoms with Crippen LogP contribution < -0.4 is 4.81 Å². The Balaban J connectivity index is 3.24. The van der Waals surface area contributed by atoms with Crippen LogP contribution in [0.15, 0.2) is 18.2 Å². The lowest BCUT2D eigenvalue weighted by Gasteiger charge is -2.19. The Hall–Kier alpha value is -1.63. The number of nitro groups is 1. The van der Waals surface area contributed by atoms with Gasteiger partial charge >= 0.3 is 7.05 Å². The highest BCUT2D eigenvalue weighted by Gasteiger charge is 2.22. The van der Waals surface area contributed by atoms with E-state index in [1.165, 1.54) is 18.7 Å². The number of hydrogen-bond donors (Lipinski definition) is 1. The predicted octanol–water partition coefficient (Wildman–Crippen LogP) is 1.28. The van der Waals surface area contributed by atoms with E-state index in [4.69, 9.17) is 0 Å². The highest BCUT2D eigenvalue weighted by molar-refractivity contribution is 6.53. The molecule has 15 heavy (non-hydrogen) atoms. The average molecular weight is 212 g/mol. The van der Waals surface area contributed by atoms with Crippen LogP contribution in [0.2, 0.25) is 6.82 Å². The van der Waals surface area contributed by atoms with Gasteiger partial charge < -0.3 is 9.83 Å². The average Bonchev–Trinajstić information content (AvgIpc) is 2.15. The minimum atomic E-state index is -0.925. The molecule has 1 aromatic carbocycles. The molecular weight excluding hydrogens is 202 g/mol. The standard InChI is InChI=1S/C8H10BFN2O3/c1-9(13)11(2)8-5-6(10)3-4-7(8)12(14)15/h3-5,13H,1-2H3. The first-order chi connectivity index (χ1) is 6.93. The van der Waals surface area contributed by atoms with Crippen LogP contribution >= 0.6 is 0 Å². The first-order valence-corrected chi connectivity index (χ1v) is 4.28. The van der Waals surface area contributed by atoms with Crippen LogP contribution in [-0.2, 0) is 0 Å². The highest BCUT2D eigenvalue weighted by atomic mass is 19.1. The Morgan fingerprint density at radius 2 is 2.20 bits per heavy atom. The van der Waals surface area contributed by atoms with E-state index in [0.29, 0.717) is 0 Å². The quantitative estimate of drug-likeness (QED) is 0.465. The summed E-state index contributed by atoms with van der Waals surface area (Å²) in [4.78, 5) is 11.2. The van der Waals surface area contributed by atoms with Crippen molar-refractivity contribution < 1.29 is 14.3 Å². The molecule has 7 heteroatoms. The minimum absolute atomic E-state index is 0.0509. The van der Waals surface area contributed by atoms with Crippen molar-refractivity contribution in [3.8, 4) is 0 Å². The first-order valence-electron chi connectivity index (χ1n) is 4.28. The molecule has 0 aliphatic carbocycles. The molecule has 0 radical (unpaired) electrons. The molecule has 0 aliphatic rings. The topological polar surface area (TPSA) is 66.6 Å². The van der Waals surface area contributed by atoms with Gasteiger partial charge in [0.15, 0.2) is 0 Å². The zero-order chi connectivity index (χ0) is 11.6. The van der Waals surface area contributed by atoms with Crippen LogP contribution in [0.3, 0.4) is 0 Å². The van der Waals surface area contributed by atoms with E-state index >= 15 is 0 Å². The van der Waals surface area contributed by atoms with Gasteiger partial charge in [-0.1, -0.05) is 0 Å². The number of anilines is 1. The molecule has 5 nitrogen and oxygen atoms in total. The van der Waals surface area contributed by atoms with Crippen molar-refractivity contribution in [2.45, 2.75) is 6.82 Å². The van der Waals surface area contributed by atoms with Crippen molar-refractivity contribution in [1.29, 1.82) is 0 Å². The van der Waals surface area contributed by atoms with Crippen molar-refractivity contribution >= 4 is 18.4 Å². The van der Waals surface area contributed by atoms with E-state index in [9.17, 15) is 19.5 Å². The summed E-state index contributed by atoms with van der Waals surface area (Å²) in [7, 11) is 0.525. The van der Waals surface area contributed by atoms with E-state index in [0.717, 1.165) is 18.2 Å². The maximum absolute atomic E-state index is 12.9. The first kappa shape index (κ1) is 11.4. The van der Waals surface area contributed by atoms with Gasteiger partial charge in [-0.15, -0.1) is 0 Å². The molecule has 0 amide bonds. The largest absolute Gasteiger partial charge is 0.432 e. The second-order valence-corrected chi connectivity index (χ2v) is 3.13. The molecule has 0 bridgehead atoms. The second-order valence-electron chi connectivity index (χ2n) is 3.13. The lowest BCUT2D eigenvalue weighted by molar-refractivity contribution is -0.384. The molecule has 0 fully saturated rings. The molecule has 0 atom stereocenters. The summed E-state index contributed by atoms with van der Waals surface area (Å²) in [5.74, 6) is -0.580. The fourth-order valence-electron chi connectivity index (χ4n) is 1.13. The Bertz CT molecular complexity index is 386. The zero-order valence-electron chi connectivity index (χ0n) is 8.35. The Morgan fingerprint density at radius 3 is 2.67 bits per heavy atom. The number of halogens is 1. The summed E-state index contributed by atoms with van der Waals surface area (Å²) in [6.07, 6.45) is 0. The van der Waals surface area contributed by atoms with Gasteiger partial charge in [0.1, 0.15) is 11.5 Å². The number of nitro benzene ring substituents is 1. The van der Waals surface area contributed by atoms with Crippen molar-refractivity contribution in [3.63, 3.8) is 0 Å². The third-order valence-electron chi connectivity index (χ3n) is 2.07. The minimum Gasteiger partial charge on any atom is -0.432 e. The summed E-state index contributed by atoms with van der Waals surface area (Å²) in [5.41, 5.74) is -0.185. The van der Waals surface area contributed by atoms with Crippen molar-refractivity contribution in [2.24, 2.45) is 0 Å². The van der Waals surface area contributed by atoms with Crippen molar-refractivity contribution in [1.82, 2.24) is 0 Å². The molecule has 0 saturated heterocycles. The van der Waals surface area contributed by atoms with E-state index < -0.39 is 17.8 Å². The summed E-state index contributed by atoms with van der Waals surface area (Å²) in [6, 6.07) is 3.10. The molecule has 0 aliphatic heterocycles. The van der Waals surface area contributed by atoms with Gasteiger partial charge in [0, 0.05) is 12.1 Å². The van der Waals surface area contributed by atoms with Crippen LogP contribution in [0.25, 0.3) is 0 Å². The normalized spacial score (nSPS) is 9.87. The van der Waals surface area contributed by atoms with Gasteiger partial charge in [-0.05, 0) is 19.9 Å². The Morgan fingerprint density at radius 1 is 1.60 bits per heavy atom. The fourth-order valence-corrected chi connectivity index (χ4v) is 1.13. The summed E-state index contributed by atoms with van der Waals surface area (Å²) < 4.78 is 12.9. The zero-order valence-corrected chi connectivity index (χ0v) is 8.35. The fraction of sp³-hybridized carbons (Fsp3) is 0.250. The lowest BCUT2D eigenvalue weighted by atomic mass is 9.85. The smallest absolute Gasteiger partial charge is 0.409 e. The summed E-state index contributed by atoms with van der Waals surface area (Å²) >= 11 is 0. The molecule has 1 rings (SSSR count). The summed E-state index contributed by atoms with van der Waals surface area (Å²) in [6.45, 7) is 1.44. The number of benzene rings is 1. The van der Waals surface area contributed by atoms with Crippen molar-refractivity contribution in [3.05, 3.63) is 34.1 Å². The van der Waals surface area contributed by atoms with Gasteiger partial charge in [-0.25, -0.2) is 4.39 Å². The molecular formula is C8H10BFN2O3. The third-order valence-corrected chi connectivity index (χ3v) is 2.07. The molecule has 1 aromatic rings. The number of rotatable bonds is 3. The number of nitrogens with zero attached hydrogens (tertiary/aromatic N) is 2. The van der Waals surface area contributed by atoms with E-state index in [-0.39, 0.29) is 11.4 Å². The molecule has 0 aromatic heterocycles. The molecule has 1 N–H and O–H groups in total. The molecule has 80 valence electrons. The van der Waals surface area contributed by atoms with Gasteiger partial charge in [-0.3, -0.25) is 10.1 Å². The van der Waals surface area contributed by atoms with Crippen LogP contribution in [0, 0.1) is 15.9 Å². The van der Waals surface area contributed by atoms with Gasteiger partial charge in [0.2, 0.25) is 0 Å². The summed E-state index contributed by atoms with van der Waals surface area (Å²) in [5, 5.41) is 19.9. The lowest BCUT2D eigenvalue weighted by Crippen LogP contribution is -2.33. The maximum Gasteiger partial charge on any atom is 0.409 e. The SMILES string of the molecule is CB(O)N(C)c1cc(F)ccc1[N+](=O)[O-]. The van der Waals surface area contributed by atoms with Gasteiger partial charge in [0.25, 0.3) is 5.69 Å². The molecule has 0 heterocycles. The number of hydrogen-bond acceptors (Lipinski definition) is 4. The van der Waals surface area contributed by atoms with Gasteiger partial charge in [0.05, 0.1) is 4.92 Å². The van der Waals surface area contributed by atoms with Crippen LogP contribution in [0.5, 0.6) is 0 Å². The van der Waals surface area contributed by atoms with E-state index in [2.05, 4.69) is 0 Å². The van der Waals surface area contributed by atoms with E-state index in [1.807, 2.05) is 0 Å². The third kappa shape index (κ3) is 2.44. The second kappa shape index (κ2) is 4.27.